The summed E-state index contributed by atoms with van der Waals surface area (Å²) in [4.78, 5) is 11.6. The van der Waals surface area contributed by atoms with Gasteiger partial charge in [0, 0.05) is 17.7 Å². The lowest BCUT2D eigenvalue weighted by Gasteiger charge is -2.34. The van der Waals surface area contributed by atoms with Crippen molar-refractivity contribution in [2.24, 2.45) is 0 Å². The summed E-state index contributed by atoms with van der Waals surface area (Å²) in [5.74, 6) is 1.09. The predicted octanol–water partition coefficient (Wildman–Crippen LogP) is 2.40. The number of methoxy groups -OCH3 is 3. The van der Waals surface area contributed by atoms with Gasteiger partial charge >= 0.3 is 5.63 Å². The highest BCUT2D eigenvalue weighted by Gasteiger charge is 2.37. The van der Waals surface area contributed by atoms with Gasteiger partial charge in [-0.25, -0.2) is 4.79 Å². The van der Waals surface area contributed by atoms with Crippen molar-refractivity contribution in [2.75, 3.05) is 27.9 Å². The highest BCUT2D eigenvalue weighted by molar-refractivity contribution is 5.89. The minimum Gasteiger partial charge on any atom is -0.502 e. The van der Waals surface area contributed by atoms with Crippen molar-refractivity contribution in [3.05, 3.63) is 46.3 Å². The van der Waals surface area contributed by atoms with Crippen LogP contribution in [-0.4, -0.2) is 44.3 Å². The first kappa shape index (κ1) is 19.7. The molecule has 0 aliphatic carbocycles. The summed E-state index contributed by atoms with van der Waals surface area (Å²) < 4.78 is 33.3. The van der Waals surface area contributed by atoms with Crippen LogP contribution in [0.25, 0.3) is 11.0 Å². The molecule has 2 N–H and O–H groups in total. The highest BCUT2D eigenvalue weighted by atomic mass is 16.6. The first-order valence-electron chi connectivity index (χ1n) is 9.04. The van der Waals surface area contributed by atoms with E-state index in [0.717, 1.165) is 0 Å². The summed E-state index contributed by atoms with van der Waals surface area (Å²) in [7, 11) is 4.28. The van der Waals surface area contributed by atoms with Crippen LogP contribution in [0.5, 0.6) is 34.5 Å². The van der Waals surface area contributed by atoms with Gasteiger partial charge in [-0.15, -0.1) is 0 Å². The quantitative estimate of drug-likeness (QED) is 0.605. The zero-order chi connectivity index (χ0) is 21.4. The summed E-state index contributed by atoms with van der Waals surface area (Å²) in [5.41, 5.74) is 0.304. The number of ether oxygens (including phenoxy) is 5. The molecule has 1 aliphatic heterocycles. The molecule has 0 radical (unpaired) electrons. The van der Waals surface area contributed by atoms with Crippen molar-refractivity contribution in [3.63, 3.8) is 0 Å². The molecular weight excluding hydrogens is 396 g/mol. The molecule has 2 atom stereocenters. The number of rotatable bonds is 5. The van der Waals surface area contributed by atoms with Gasteiger partial charge in [0.15, 0.2) is 35.2 Å². The van der Waals surface area contributed by atoms with Gasteiger partial charge < -0.3 is 38.3 Å². The fourth-order valence-electron chi connectivity index (χ4n) is 3.43. The Bertz CT molecular complexity index is 1130. The van der Waals surface area contributed by atoms with Crippen molar-refractivity contribution in [1.29, 1.82) is 0 Å². The lowest BCUT2D eigenvalue weighted by molar-refractivity contribution is -0.0128. The van der Waals surface area contributed by atoms with Gasteiger partial charge in [-0.05, 0) is 18.2 Å². The molecule has 1 aromatic heterocycles. The smallest absolute Gasteiger partial charge is 0.336 e. The fourth-order valence-corrected chi connectivity index (χ4v) is 3.43. The number of aliphatic hydroxyl groups is 1. The Balaban J connectivity index is 1.88. The average Bonchev–Trinajstić information content (AvgIpc) is 2.77. The maximum absolute atomic E-state index is 11.6. The highest BCUT2D eigenvalue weighted by Crippen LogP contribution is 2.50. The van der Waals surface area contributed by atoms with E-state index < -0.39 is 17.8 Å². The van der Waals surface area contributed by atoms with Gasteiger partial charge in [0.25, 0.3) is 0 Å². The minimum atomic E-state index is -0.807. The molecule has 4 rings (SSSR count). The third-order valence-electron chi connectivity index (χ3n) is 4.88. The molecular formula is C21H20O9. The Kier molecular flexibility index (Phi) is 5.04. The molecule has 0 saturated heterocycles. The molecule has 2 heterocycles. The monoisotopic (exact) mass is 416 g/mol. The van der Waals surface area contributed by atoms with Gasteiger partial charge in [0.05, 0.1) is 33.3 Å². The number of phenolic OH excluding ortho intramolecular Hbond substituents is 1. The van der Waals surface area contributed by atoms with Crippen LogP contribution >= 0.6 is 0 Å². The van der Waals surface area contributed by atoms with Crippen molar-refractivity contribution >= 4 is 11.0 Å². The van der Waals surface area contributed by atoms with Crippen molar-refractivity contribution in [1.82, 2.24) is 0 Å². The Morgan fingerprint density at radius 2 is 1.60 bits per heavy atom. The third-order valence-corrected chi connectivity index (χ3v) is 4.88. The summed E-state index contributed by atoms with van der Waals surface area (Å²) in [6, 6.07) is 7.52. The van der Waals surface area contributed by atoms with Crippen LogP contribution in [0.1, 0.15) is 11.7 Å². The first-order valence-corrected chi connectivity index (χ1v) is 9.04. The Hall–Kier alpha value is -3.59. The predicted molar refractivity (Wildman–Crippen MR) is 105 cm³/mol. The molecule has 158 valence electrons. The summed E-state index contributed by atoms with van der Waals surface area (Å²) in [6.07, 6.45) is -1.58. The Labute approximate surface area is 170 Å². The van der Waals surface area contributed by atoms with Crippen LogP contribution in [-0.2, 0) is 0 Å². The van der Waals surface area contributed by atoms with Gasteiger partial charge in [-0.2, -0.15) is 0 Å². The minimum absolute atomic E-state index is 0.153. The second-order valence-corrected chi connectivity index (χ2v) is 6.55. The lowest BCUT2D eigenvalue weighted by Crippen LogP contribution is -2.36. The van der Waals surface area contributed by atoms with E-state index in [0.29, 0.717) is 28.2 Å². The van der Waals surface area contributed by atoms with E-state index in [2.05, 4.69) is 0 Å². The van der Waals surface area contributed by atoms with E-state index in [9.17, 15) is 15.0 Å². The van der Waals surface area contributed by atoms with Crippen LogP contribution in [0.15, 0.2) is 39.5 Å². The first-order chi connectivity index (χ1) is 14.5. The second kappa shape index (κ2) is 7.68. The normalized spacial score (nSPS) is 17.6. The number of aliphatic hydroxyl groups excluding tert-OH is 1. The molecule has 0 bridgehead atoms. The summed E-state index contributed by atoms with van der Waals surface area (Å²) >= 11 is 0. The van der Waals surface area contributed by atoms with Crippen LogP contribution in [0, 0.1) is 0 Å². The average molecular weight is 416 g/mol. The summed E-state index contributed by atoms with van der Waals surface area (Å²) in [5, 5.41) is 20.7. The number of hydrogen-bond acceptors (Lipinski definition) is 9. The Morgan fingerprint density at radius 3 is 2.20 bits per heavy atom. The van der Waals surface area contributed by atoms with Crippen molar-refractivity contribution in [2.45, 2.75) is 12.2 Å². The van der Waals surface area contributed by atoms with Gasteiger partial charge in [-0.3, -0.25) is 0 Å². The van der Waals surface area contributed by atoms with Crippen LogP contribution in [0.3, 0.4) is 0 Å². The van der Waals surface area contributed by atoms with Crippen LogP contribution in [0.4, 0.5) is 0 Å². The molecule has 30 heavy (non-hydrogen) atoms. The second-order valence-electron chi connectivity index (χ2n) is 6.55. The maximum atomic E-state index is 11.6. The largest absolute Gasteiger partial charge is 0.502 e. The zero-order valence-electron chi connectivity index (χ0n) is 16.5. The molecule has 0 spiro atoms. The fraction of sp³-hybridized carbons (Fsp3) is 0.286. The van der Waals surface area contributed by atoms with Crippen molar-refractivity contribution in [3.8, 4) is 34.5 Å². The number of benzene rings is 2. The maximum Gasteiger partial charge on any atom is 0.336 e. The van der Waals surface area contributed by atoms with E-state index in [1.807, 2.05) is 0 Å². The van der Waals surface area contributed by atoms with E-state index in [-0.39, 0.29) is 29.4 Å². The number of phenols is 1. The molecule has 0 saturated carbocycles. The van der Waals surface area contributed by atoms with E-state index in [1.165, 1.54) is 33.5 Å². The van der Waals surface area contributed by atoms with Gasteiger partial charge in [0.1, 0.15) is 5.58 Å². The Morgan fingerprint density at radius 1 is 0.933 bits per heavy atom. The molecule has 0 unspecified atom stereocenters. The number of fused-ring (bicyclic) bond motifs is 3. The van der Waals surface area contributed by atoms with Crippen molar-refractivity contribution < 1.29 is 38.3 Å². The lowest BCUT2D eigenvalue weighted by atomic mass is 10.0. The molecule has 9 nitrogen and oxygen atoms in total. The number of hydrogen-bond donors (Lipinski definition) is 2. The van der Waals surface area contributed by atoms with Crippen LogP contribution in [0.2, 0.25) is 0 Å². The molecule has 1 aliphatic rings. The third kappa shape index (κ3) is 3.13. The molecule has 3 aromatic rings. The van der Waals surface area contributed by atoms with Crippen LogP contribution < -0.4 is 29.3 Å². The van der Waals surface area contributed by atoms with Gasteiger partial charge in [0.2, 0.25) is 11.5 Å². The SMILES string of the molecule is COc1cc([C@H]2Oc3c(OC)cc4oc(=O)ccc4c3O[C@H]2CO)cc(OC)c1O. The van der Waals surface area contributed by atoms with E-state index in [1.54, 1.807) is 18.2 Å². The summed E-state index contributed by atoms with van der Waals surface area (Å²) in [6.45, 7) is -0.370. The van der Waals surface area contributed by atoms with E-state index >= 15 is 0 Å². The topological polar surface area (TPSA) is 117 Å². The number of aromatic hydroxyl groups is 1. The standard InChI is InChI=1S/C21H20O9/c1-25-13-6-10(7-14(26-2)18(13)24)19-16(9-22)29-20-11-4-5-17(23)28-12(11)8-15(27-3)21(20)30-19/h4-8,16,19,22,24H,9H2,1-3H3/t16-,19+/m0/s1. The van der Waals surface area contributed by atoms with Gasteiger partial charge in [-0.1, -0.05) is 0 Å². The zero-order valence-corrected chi connectivity index (χ0v) is 16.5. The molecule has 0 fully saturated rings. The van der Waals surface area contributed by atoms with E-state index in [4.69, 9.17) is 28.1 Å². The molecule has 0 amide bonds. The molecule has 9 heteroatoms. The molecule has 2 aromatic carbocycles.